The van der Waals surface area contributed by atoms with E-state index in [9.17, 15) is 9.59 Å². The molecule has 0 saturated heterocycles. The molecular weight excluding hydrogens is 402 g/mol. The maximum Gasteiger partial charge on any atom is 0.273 e. The largest absolute Gasteiger partial charge is 0.467 e. The van der Waals surface area contributed by atoms with E-state index in [1.807, 2.05) is 37.3 Å². The van der Waals surface area contributed by atoms with Gasteiger partial charge in [0.25, 0.3) is 5.91 Å². The molecule has 6 nitrogen and oxygen atoms in total. The van der Waals surface area contributed by atoms with E-state index >= 15 is 0 Å². The first-order chi connectivity index (χ1) is 15.6. The minimum absolute atomic E-state index is 0.137. The van der Waals surface area contributed by atoms with Crippen LogP contribution in [0.4, 0.5) is 0 Å². The fraction of sp³-hybridized carbons (Fsp3) is 0.346. The number of carbonyl (C=O) groups is 2. The van der Waals surface area contributed by atoms with Crippen molar-refractivity contribution in [3.8, 4) is 0 Å². The number of furan rings is 1. The molecule has 0 aliphatic heterocycles. The summed E-state index contributed by atoms with van der Waals surface area (Å²) in [5.41, 5.74) is 2.05. The lowest BCUT2D eigenvalue weighted by Gasteiger charge is -2.33. The first-order valence-corrected chi connectivity index (χ1v) is 11.2. The monoisotopic (exact) mass is 431 g/mol. The number of benzene rings is 1. The van der Waals surface area contributed by atoms with Gasteiger partial charge >= 0.3 is 0 Å². The van der Waals surface area contributed by atoms with Gasteiger partial charge < -0.3 is 14.6 Å². The van der Waals surface area contributed by atoms with Crippen molar-refractivity contribution in [3.05, 3.63) is 89.6 Å². The minimum Gasteiger partial charge on any atom is -0.467 e. The molecule has 166 valence electrons. The van der Waals surface area contributed by atoms with Gasteiger partial charge in [-0.3, -0.25) is 14.6 Å². The summed E-state index contributed by atoms with van der Waals surface area (Å²) in [7, 11) is 0. The van der Waals surface area contributed by atoms with Crippen molar-refractivity contribution in [2.75, 3.05) is 0 Å². The van der Waals surface area contributed by atoms with Crippen molar-refractivity contribution in [2.24, 2.45) is 0 Å². The fourth-order valence-corrected chi connectivity index (χ4v) is 4.36. The van der Waals surface area contributed by atoms with Gasteiger partial charge in [-0.15, -0.1) is 0 Å². The Morgan fingerprint density at radius 1 is 1.06 bits per heavy atom. The Morgan fingerprint density at radius 2 is 1.84 bits per heavy atom. The second kappa shape index (κ2) is 10.3. The molecule has 1 saturated carbocycles. The predicted molar refractivity (Wildman–Crippen MR) is 122 cm³/mol. The molecule has 3 aromatic rings. The minimum atomic E-state index is -0.794. The van der Waals surface area contributed by atoms with Crippen LogP contribution in [0.5, 0.6) is 0 Å². The lowest BCUT2D eigenvalue weighted by Crippen LogP contribution is -2.47. The van der Waals surface area contributed by atoms with E-state index in [0.717, 1.165) is 36.8 Å². The highest BCUT2D eigenvalue weighted by Crippen LogP contribution is 2.29. The van der Waals surface area contributed by atoms with E-state index < -0.39 is 6.04 Å². The zero-order valence-corrected chi connectivity index (χ0v) is 18.4. The number of pyridine rings is 1. The van der Waals surface area contributed by atoms with Crippen molar-refractivity contribution in [1.82, 2.24) is 15.2 Å². The average molecular weight is 432 g/mol. The first-order valence-electron chi connectivity index (χ1n) is 11.2. The summed E-state index contributed by atoms with van der Waals surface area (Å²) in [5, 5.41) is 3.23. The summed E-state index contributed by atoms with van der Waals surface area (Å²) in [4.78, 5) is 33.2. The van der Waals surface area contributed by atoms with Gasteiger partial charge in [0.05, 0.1) is 12.8 Å². The molecular formula is C26H29N3O3. The number of amides is 2. The van der Waals surface area contributed by atoms with Crippen LogP contribution < -0.4 is 5.32 Å². The molecule has 2 amide bonds. The quantitative estimate of drug-likeness (QED) is 0.582. The number of nitrogens with zero attached hydrogens (tertiary/aromatic N) is 2. The van der Waals surface area contributed by atoms with Crippen molar-refractivity contribution < 1.29 is 14.0 Å². The Kier molecular flexibility index (Phi) is 7.00. The molecule has 1 unspecified atom stereocenters. The Balaban J connectivity index is 1.73. The second-order valence-corrected chi connectivity index (χ2v) is 8.33. The SMILES string of the molecule is Cc1ccccc1C(C(=O)NC1CCCCC1)N(Cc1ccco1)C(=O)c1ccccn1. The number of nitrogens with one attached hydrogen (secondary N) is 1. The van der Waals surface area contributed by atoms with E-state index in [-0.39, 0.29) is 24.4 Å². The summed E-state index contributed by atoms with van der Waals surface area (Å²) in [5.74, 6) is 0.134. The number of aryl methyl sites for hydroxylation is 1. The van der Waals surface area contributed by atoms with E-state index in [1.165, 1.54) is 6.42 Å². The maximum absolute atomic E-state index is 13.7. The van der Waals surface area contributed by atoms with Gasteiger partial charge in [-0.1, -0.05) is 49.6 Å². The fourth-order valence-electron chi connectivity index (χ4n) is 4.36. The third kappa shape index (κ3) is 5.07. The van der Waals surface area contributed by atoms with Crippen molar-refractivity contribution in [1.29, 1.82) is 0 Å². The van der Waals surface area contributed by atoms with E-state index in [1.54, 1.807) is 41.6 Å². The van der Waals surface area contributed by atoms with Crippen LogP contribution in [0.1, 0.15) is 65.5 Å². The van der Waals surface area contributed by atoms with Gasteiger partial charge in [-0.2, -0.15) is 0 Å². The van der Waals surface area contributed by atoms with Gasteiger partial charge in [0.1, 0.15) is 17.5 Å². The van der Waals surface area contributed by atoms with Crippen LogP contribution in [0.3, 0.4) is 0 Å². The van der Waals surface area contributed by atoms with Crippen molar-refractivity contribution in [3.63, 3.8) is 0 Å². The van der Waals surface area contributed by atoms with Crippen LogP contribution >= 0.6 is 0 Å². The zero-order valence-electron chi connectivity index (χ0n) is 18.4. The number of hydrogen-bond acceptors (Lipinski definition) is 4. The zero-order chi connectivity index (χ0) is 22.3. The lowest BCUT2D eigenvalue weighted by molar-refractivity contribution is -0.127. The highest BCUT2D eigenvalue weighted by Gasteiger charge is 2.35. The van der Waals surface area contributed by atoms with Gasteiger partial charge in [0, 0.05) is 12.2 Å². The summed E-state index contributed by atoms with van der Waals surface area (Å²) >= 11 is 0. The third-order valence-electron chi connectivity index (χ3n) is 6.05. The van der Waals surface area contributed by atoms with E-state index in [4.69, 9.17) is 4.42 Å². The van der Waals surface area contributed by atoms with Gasteiger partial charge in [-0.05, 0) is 55.2 Å². The molecule has 1 aromatic carbocycles. The normalized spacial score (nSPS) is 15.2. The standard InChI is InChI=1S/C26H29N3O3/c1-19-10-5-6-14-22(19)24(25(30)28-20-11-3-2-4-12-20)29(18-21-13-9-17-32-21)26(31)23-15-7-8-16-27-23/h5-10,13-17,20,24H,2-4,11-12,18H2,1H3,(H,28,30). The first kappa shape index (κ1) is 21.8. The Hall–Kier alpha value is -3.41. The third-order valence-corrected chi connectivity index (χ3v) is 6.05. The molecule has 6 heteroatoms. The molecule has 4 rings (SSSR count). The van der Waals surface area contributed by atoms with Crippen LogP contribution in [0.2, 0.25) is 0 Å². The van der Waals surface area contributed by atoms with Crippen LogP contribution in [-0.4, -0.2) is 27.7 Å². The predicted octanol–water partition coefficient (Wildman–Crippen LogP) is 4.82. The summed E-state index contributed by atoms with van der Waals surface area (Å²) in [6.45, 7) is 2.13. The van der Waals surface area contributed by atoms with E-state index in [0.29, 0.717) is 11.5 Å². The van der Waals surface area contributed by atoms with E-state index in [2.05, 4.69) is 10.3 Å². The molecule has 1 fully saturated rings. The number of carbonyl (C=O) groups excluding carboxylic acids is 2. The maximum atomic E-state index is 13.7. The van der Waals surface area contributed by atoms with Crippen LogP contribution in [-0.2, 0) is 11.3 Å². The molecule has 1 N–H and O–H groups in total. The molecule has 1 aliphatic rings. The van der Waals surface area contributed by atoms with Crippen molar-refractivity contribution in [2.45, 2.75) is 57.7 Å². The highest BCUT2D eigenvalue weighted by atomic mass is 16.3. The molecule has 1 atom stereocenters. The van der Waals surface area contributed by atoms with Gasteiger partial charge in [-0.25, -0.2) is 0 Å². The van der Waals surface area contributed by atoms with Crippen molar-refractivity contribution >= 4 is 11.8 Å². The Morgan fingerprint density at radius 3 is 2.53 bits per heavy atom. The van der Waals surface area contributed by atoms with Gasteiger partial charge in [0.2, 0.25) is 5.91 Å². The molecule has 2 heterocycles. The molecule has 1 aliphatic carbocycles. The number of aromatic nitrogens is 1. The molecule has 32 heavy (non-hydrogen) atoms. The highest BCUT2D eigenvalue weighted by molar-refractivity contribution is 5.96. The summed E-state index contributed by atoms with van der Waals surface area (Å²) < 4.78 is 5.55. The Labute approximate surface area is 188 Å². The summed E-state index contributed by atoms with van der Waals surface area (Å²) in [6, 6.07) is 15.9. The molecule has 0 radical (unpaired) electrons. The van der Waals surface area contributed by atoms with Crippen LogP contribution in [0, 0.1) is 6.92 Å². The number of rotatable bonds is 7. The molecule has 0 bridgehead atoms. The number of hydrogen-bond donors (Lipinski definition) is 1. The molecule has 2 aromatic heterocycles. The van der Waals surface area contributed by atoms with Crippen LogP contribution in [0.25, 0.3) is 0 Å². The topological polar surface area (TPSA) is 75.4 Å². The van der Waals surface area contributed by atoms with Gasteiger partial charge in [0.15, 0.2) is 0 Å². The summed E-state index contributed by atoms with van der Waals surface area (Å²) in [6.07, 6.45) is 8.53. The second-order valence-electron chi connectivity index (χ2n) is 8.33. The van der Waals surface area contributed by atoms with Crippen LogP contribution in [0.15, 0.2) is 71.5 Å². The lowest BCUT2D eigenvalue weighted by atomic mass is 9.94. The Bertz CT molecular complexity index is 1030. The average Bonchev–Trinajstić information content (AvgIpc) is 3.34. The molecule has 0 spiro atoms. The smallest absolute Gasteiger partial charge is 0.273 e.